The molecule has 0 aliphatic carbocycles. The van der Waals surface area contributed by atoms with Gasteiger partial charge in [0.15, 0.2) is 0 Å². The van der Waals surface area contributed by atoms with Crippen molar-refractivity contribution < 1.29 is 0 Å². The van der Waals surface area contributed by atoms with Crippen LogP contribution in [0.5, 0.6) is 0 Å². The number of nitrogens with one attached hydrogen (secondary N) is 1. The lowest BCUT2D eigenvalue weighted by atomic mass is 10.2. The average molecular weight is 279 g/mol. The van der Waals surface area contributed by atoms with Crippen molar-refractivity contribution in [1.29, 1.82) is 0 Å². The molecule has 2 aromatic rings. The summed E-state index contributed by atoms with van der Waals surface area (Å²) in [5.41, 5.74) is 3.93. The van der Waals surface area contributed by atoms with Crippen LogP contribution in [0, 0.1) is 13.8 Å². The Balaban J connectivity index is 2.39. The van der Waals surface area contributed by atoms with Gasteiger partial charge in [0.05, 0.1) is 16.4 Å². The van der Waals surface area contributed by atoms with E-state index in [1.807, 2.05) is 37.0 Å². The van der Waals surface area contributed by atoms with Crippen LogP contribution >= 0.6 is 11.6 Å². The van der Waals surface area contributed by atoms with Gasteiger partial charge in [-0.3, -0.25) is 4.98 Å². The van der Waals surface area contributed by atoms with Crippen LogP contribution in [0.3, 0.4) is 0 Å². The Bertz CT molecular complexity index is 555. The average Bonchev–Trinajstić information content (AvgIpc) is 2.68. The third kappa shape index (κ3) is 3.33. The van der Waals surface area contributed by atoms with Gasteiger partial charge >= 0.3 is 0 Å². The zero-order valence-electron chi connectivity index (χ0n) is 11.7. The van der Waals surface area contributed by atoms with Gasteiger partial charge in [0.25, 0.3) is 0 Å². The fourth-order valence-corrected chi connectivity index (χ4v) is 1.93. The van der Waals surface area contributed by atoms with Crippen molar-refractivity contribution >= 4 is 11.6 Å². The van der Waals surface area contributed by atoms with Crippen LogP contribution in [-0.2, 0) is 6.54 Å². The molecular formula is C14H19ClN4. The summed E-state index contributed by atoms with van der Waals surface area (Å²) in [4.78, 5) is 4.36. The highest BCUT2D eigenvalue weighted by Gasteiger charge is 2.10. The molecule has 2 rings (SSSR count). The molecule has 2 aromatic heterocycles. The molecule has 4 nitrogen and oxygen atoms in total. The molecule has 0 saturated heterocycles. The first kappa shape index (κ1) is 14.0. The first-order valence-electron chi connectivity index (χ1n) is 6.38. The lowest BCUT2D eigenvalue weighted by Gasteiger charge is -2.13. The zero-order valence-corrected chi connectivity index (χ0v) is 12.5. The van der Waals surface area contributed by atoms with E-state index >= 15 is 0 Å². The molecule has 0 radical (unpaired) electrons. The number of aromatic nitrogens is 3. The van der Waals surface area contributed by atoms with Crippen LogP contribution in [-0.4, -0.2) is 20.8 Å². The van der Waals surface area contributed by atoms with Crippen LogP contribution in [0.25, 0.3) is 5.69 Å². The van der Waals surface area contributed by atoms with Crippen molar-refractivity contribution in [2.75, 3.05) is 0 Å². The minimum atomic E-state index is 0.428. The van der Waals surface area contributed by atoms with Crippen LogP contribution < -0.4 is 5.32 Å². The predicted octanol–water partition coefficient (Wildman–Crippen LogP) is 3.04. The Hall–Kier alpha value is -1.39. The van der Waals surface area contributed by atoms with E-state index in [0.717, 1.165) is 29.2 Å². The van der Waals surface area contributed by atoms with Crippen molar-refractivity contribution in [1.82, 2.24) is 20.1 Å². The number of nitrogens with zero attached hydrogens (tertiary/aromatic N) is 3. The van der Waals surface area contributed by atoms with E-state index in [2.05, 4.69) is 29.2 Å². The third-order valence-corrected chi connectivity index (χ3v) is 3.26. The highest BCUT2D eigenvalue weighted by Crippen LogP contribution is 2.19. The van der Waals surface area contributed by atoms with E-state index in [9.17, 15) is 0 Å². The molecule has 0 amide bonds. The van der Waals surface area contributed by atoms with Crippen LogP contribution in [0.1, 0.15) is 30.8 Å². The molecule has 0 saturated carbocycles. The molecule has 0 atom stereocenters. The molecule has 0 aromatic carbocycles. The molecule has 0 bridgehead atoms. The van der Waals surface area contributed by atoms with Gasteiger partial charge in [-0.25, -0.2) is 4.68 Å². The standard InChI is InChI=1S/C14H19ClN4/c1-9(2)16-6-12-7-17-10(3)5-14(12)19-8-13(15)11(4)18-19/h5,7-9,16H,6H2,1-4H3. The number of halogens is 1. The molecule has 0 aliphatic heterocycles. The molecular weight excluding hydrogens is 260 g/mol. The molecule has 102 valence electrons. The van der Waals surface area contributed by atoms with Crippen molar-refractivity contribution in [3.63, 3.8) is 0 Å². The Morgan fingerprint density at radius 1 is 1.37 bits per heavy atom. The second-order valence-electron chi connectivity index (χ2n) is 5.00. The second kappa shape index (κ2) is 5.72. The van der Waals surface area contributed by atoms with Crippen molar-refractivity contribution in [2.24, 2.45) is 0 Å². The molecule has 0 aliphatic rings. The van der Waals surface area contributed by atoms with Gasteiger partial charge in [0.1, 0.15) is 0 Å². The fourth-order valence-electron chi connectivity index (χ4n) is 1.80. The summed E-state index contributed by atoms with van der Waals surface area (Å²) >= 11 is 6.08. The van der Waals surface area contributed by atoms with E-state index in [1.165, 1.54) is 0 Å². The molecule has 1 N–H and O–H groups in total. The number of pyridine rings is 1. The van der Waals surface area contributed by atoms with E-state index in [4.69, 9.17) is 11.6 Å². The SMILES string of the molecule is Cc1cc(-n2cc(Cl)c(C)n2)c(CNC(C)C)cn1. The fraction of sp³-hybridized carbons (Fsp3) is 0.429. The summed E-state index contributed by atoms with van der Waals surface area (Å²) < 4.78 is 1.82. The number of hydrogen-bond donors (Lipinski definition) is 1. The van der Waals surface area contributed by atoms with Gasteiger partial charge in [0.2, 0.25) is 0 Å². The number of rotatable bonds is 4. The van der Waals surface area contributed by atoms with Gasteiger partial charge in [-0.05, 0) is 19.9 Å². The van der Waals surface area contributed by atoms with Crippen LogP contribution in [0.4, 0.5) is 0 Å². The normalized spacial score (nSPS) is 11.3. The van der Waals surface area contributed by atoms with Crippen molar-refractivity contribution in [2.45, 2.75) is 40.3 Å². The Morgan fingerprint density at radius 3 is 2.68 bits per heavy atom. The lowest BCUT2D eigenvalue weighted by molar-refractivity contribution is 0.585. The molecule has 19 heavy (non-hydrogen) atoms. The first-order valence-corrected chi connectivity index (χ1v) is 6.76. The van der Waals surface area contributed by atoms with Gasteiger partial charge in [-0.2, -0.15) is 5.10 Å². The predicted molar refractivity (Wildman–Crippen MR) is 77.8 cm³/mol. The zero-order chi connectivity index (χ0) is 14.0. The Kier molecular flexibility index (Phi) is 4.22. The number of aryl methyl sites for hydroxylation is 2. The summed E-state index contributed by atoms with van der Waals surface area (Å²) in [6, 6.07) is 2.46. The molecule has 0 unspecified atom stereocenters. The largest absolute Gasteiger partial charge is 0.310 e. The molecule has 0 fully saturated rings. The summed E-state index contributed by atoms with van der Waals surface area (Å²) in [6.45, 7) is 8.88. The van der Waals surface area contributed by atoms with Gasteiger partial charge < -0.3 is 5.32 Å². The third-order valence-electron chi connectivity index (χ3n) is 2.89. The minimum Gasteiger partial charge on any atom is -0.310 e. The van der Waals surface area contributed by atoms with Gasteiger partial charge in [0, 0.05) is 36.2 Å². The van der Waals surface area contributed by atoms with E-state index in [1.54, 1.807) is 0 Å². The minimum absolute atomic E-state index is 0.428. The summed E-state index contributed by atoms with van der Waals surface area (Å²) in [5.74, 6) is 0. The lowest BCUT2D eigenvalue weighted by Crippen LogP contribution is -2.23. The highest BCUT2D eigenvalue weighted by molar-refractivity contribution is 6.31. The molecule has 2 heterocycles. The van der Waals surface area contributed by atoms with Crippen LogP contribution in [0.15, 0.2) is 18.5 Å². The smallest absolute Gasteiger partial charge is 0.0819 e. The Labute approximate surface area is 118 Å². The van der Waals surface area contributed by atoms with E-state index < -0.39 is 0 Å². The molecule has 0 spiro atoms. The molecule has 5 heteroatoms. The van der Waals surface area contributed by atoms with Gasteiger partial charge in [-0.15, -0.1) is 0 Å². The maximum atomic E-state index is 6.08. The van der Waals surface area contributed by atoms with Crippen molar-refractivity contribution in [3.8, 4) is 5.69 Å². The van der Waals surface area contributed by atoms with Gasteiger partial charge in [-0.1, -0.05) is 25.4 Å². The van der Waals surface area contributed by atoms with E-state index in [0.29, 0.717) is 11.1 Å². The highest BCUT2D eigenvalue weighted by atomic mass is 35.5. The van der Waals surface area contributed by atoms with Crippen LogP contribution in [0.2, 0.25) is 5.02 Å². The van der Waals surface area contributed by atoms with Crippen molar-refractivity contribution in [3.05, 3.63) is 40.4 Å². The Morgan fingerprint density at radius 2 is 2.11 bits per heavy atom. The quantitative estimate of drug-likeness (QED) is 0.935. The maximum absolute atomic E-state index is 6.08. The topological polar surface area (TPSA) is 42.7 Å². The first-order chi connectivity index (χ1) is 8.97. The second-order valence-corrected chi connectivity index (χ2v) is 5.40. The van der Waals surface area contributed by atoms with E-state index in [-0.39, 0.29) is 0 Å². The summed E-state index contributed by atoms with van der Waals surface area (Å²) in [7, 11) is 0. The summed E-state index contributed by atoms with van der Waals surface area (Å²) in [5, 5.41) is 8.52. The maximum Gasteiger partial charge on any atom is 0.0819 e. The number of hydrogen-bond acceptors (Lipinski definition) is 3. The summed E-state index contributed by atoms with van der Waals surface area (Å²) in [6.07, 6.45) is 3.73. The monoisotopic (exact) mass is 278 g/mol.